The molecule has 3 heterocycles. The number of aryl methyl sites for hydroxylation is 1. The van der Waals surface area contributed by atoms with Crippen LogP contribution in [0.4, 0.5) is 0 Å². The topological polar surface area (TPSA) is 69.4 Å². The minimum atomic E-state index is 0.408. The molecular formula is C24H26N6S. The molecule has 1 fully saturated rings. The Kier molecular flexibility index (Phi) is 5.68. The van der Waals surface area contributed by atoms with Crippen LogP contribution in [0.1, 0.15) is 50.0 Å². The normalized spacial score (nSPS) is 19.0. The Morgan fingerprint density at radius 1 is 1.00 bits per heavy atom. The van der Waals surface area contributed by atoms with Crippen LogP contribution < -0.4 is 0 Å². The van der Waals surface area contributed by atoms with Gasteiger partial charge in [0.2, 0.25) is 0 Å². The molecule has 158 valence electrons. The first-order valence-corrected chi connectivity index (χ1v) is 11.9. The smallest absolute Gasteiger partial charge is 0.192 e. The van der Waals surface area contributed by atoms with Gasteiger partial charge < -0.3 is 0 Å². The lowest BCUT2D eigenvalue weighted by Crippen LogP contribution is -2.22. The van der Waals surface area contributed by atoms with Crippen molar-refractivity contribution in [3.63, 3.8) is 0 Å². The maximum absolute atomic E-state index is 4.86. The highest BCUT2D eigenvalue weighted by Gasteiger charge is 2.28. The van der Waals surface area contributed by atoms with Crippen LogP contribution in [0, 0.1) is 12.8 Å². The lowest BCUT2D eigenvalue weighted by atomic mass is 9.85. The summed E-state index contributed by atoms with van der Waals surface area (Å²) in [4.78, 5) is 13.9. The number of nitrogens with zero attached hydrogens (tertiary/aromatic N) is 6. The van der Waals surface area contributed by atoms with Crippen LogP contribution in [0.5, 0.6) is 0 Å². The third-order valence-electron chi connectivity index (χ3n) is 6.16. The zero-order valence-corrected chi connectivity index (χ0v) is 18.7. The molecule has 0 bridgehead atoms. The molecule has 5 rings (SSSR count). The highest BCUT2D eigenvalue weighted by molar-refractivity contribution is 7.98. The zero-order chi connectivity index (χ0) is 21.2. The SMILES string of the molecule is Cc1nc2ccccc2nc1CSc1nnc(-c2cccnc2)n1[C@H]1CCCC[C@@H]1C. The third-order valence-corrected chi connectivity index (χ3v) is 7.12. The van der Waals surface area contributed by atoms with Gasteiger partial charge in [-0.25, -0.2) is 9.97 Å². The van der Waals surface area contributed by atoms with Crippen molar-refractivity contribution in [1.29, 1.82) is 0 Å². The van der Waals surface area contributed by atoms with E-state index in [-0.39, 0.29) is 0 Å². The molecule has 0 unspecified atom stereocenters. The van der Waals surface area contributed by atoms with Gasteiger partial charge in [0, 0.05) is 29.8 Å². The van der Waals surface area contributed by atoms with Gasteiger partial charge in [0.15, 0.2) is 11.0 Å². The van der Waals surface area contributed by atoms with Crippen LogP contribution in [-0.2, 0) is 5.75 Å². The van der Waals surface area contributed by atoms with Crippen LogP contribution >= 0.6 is 11.8 Å². The van der Waals surface area contributed by atoms with E-state index in [1.165, 1.54) is 19.3 Å². The zero-order valence-electron chi connectivity index (χ0n) is 17.9. The average molecular weight is 431 g/mol. The molecule has 1 aliphatic rings. The molecular weight excluding hydrogens is 404 g/mol. The van der Waals surface area contributed by atoms with Gasteiger partial charge >= 0.3 is 0 Å². The van der Waals surface area contributed by atoms with E-state index in [4.69, 9.17) is 9.97 Å². The van der Waals surface area contributed by atoms with Gasteiger partial charge in [-0.3, -0.25) is 9.55 Å². The first kappa shape index (κ1) is 20.1. The molecule has 0 aliphatic heterocycles. The Morgan fingerprint density at radius 3 is 2.58 bits per heavy atom. The summed E-state index contributed by atoms with van der Waals surface area (Å²) in [6, 6.07) is 12.5. The molecule has 0 amide bonds. The molecule has 7 heteroatoms. The Labute approximate surface area is 186 Å². The number of benzene rings is 1. The van der Waals surface area contributed by atoms with Crippen molar-refractivity contribution in [2.45, 2.75) is 56.5 Å². The maximum atomic E-state index is 4.86. The summed E-state index contributed by atoms with van der Waals surface area (Å²) in [7, 11) is 0. The average Bonchev–Trinajstić information content (AvgIpc) is 3.22. The van der Waals surface area contributed by atoms with E-state index in [0.29, 0.717) is 12.0 Å². The molecule has 0 radical (unpaired) electrons. The molecule has 3 aromatic heterocycles. The standard InChI is InChI=1S/C24H26N6S/c1-16-8-3-6-12-22(16)30-23(18-9-7-13-25-14-18)28-29-24(30)31-15-21-17(2)26-19-10-4-5-11-20(19)27-21/h4-5,7,9-11,13-14,16,22H,3,6,8,12,15H2,1-2H3/t16-,22-/m0/s1. The van der Waals surface area contributed by atoms with Gasteiger partial charge in [-0.1, -0.05) is 43.7 Å². The highest BCUT2D eigenvalue weighted by atomic mass is 32.2. The number of aromatic nitrogens is 6. The molecule has 0 spiro atoms. The van der Waals surface area contributed by atoms with Crippen molar-refractivity contribution in [2.24, 2.45) is 5.92 Å². The van der Waals surface area contributed by atoms with Gasteiger partial charge in [0.05, 0.1) is 22.4 Å². The summed E-state index contributed by atoms with van der Waals surface area (Å²) < 4.78 is 2.36. The molecule has 31 heavy (non-hydrogen) atoms. The van der Waals surface area contributed by atoms with E-state index in [1.807, 2.05) is 43.5 Å². The second kappa shape index (κ2) is 8.75. The van der Waals surface area contributed by atoms with Gasteiger partial charge in [-0.15, -0.1) is 10.2 Å². The fourth-order valence-corrected chi connectivity index (χ4v) is 5.44. The number of hydrogen-bond acceptors (Lipinski definition) is 6. The highest BCUT2D eigenvalue weighted by Crippen LogP contribution is 2.39. The van der Waals surface area contributed by atoms with Crippen LogP contribution in [0.3, 0.4) is 0 Å². The predicted molar refractivity (Wildman–Crippen MR) is 124 cm³/mol. The predicted octanol–water partition coefficient (Wildman–Crippen LogP) is 5.64. The summed E-state index contributed by atoms with van der Waals surface area (Å²) in [6.07, 6.45) is 8.63. The van der Waals surface area contributed by atoms with Crippen LogP contribution in [-0.4, -0.2) is 29.7 Å². The third kappa shape index (κ3) is 4.06. The molecule has 1 aromatic carbocycles. The maximum Gasteiger partial charge on any atom is 0.192 e. The summed E-state index contributed by atoms with van der Waals surface area (Å²) in [5, 5.41) is 10.2. The Hall–Kier alpha value is -2.80. The number of hydrogen-bond donors (Lipinski definition) is 0. The number of fused-ring (bicyclic) bond motifs is 1. The molecule has 2 atom stereocenters. The Bertz CT molecular complexity index is 1190. The van der Waals surface area contributed by atoms with E-state index in [1.54, 1.807) is 18.0 Å². The second-order valence-electron chi connectivity index (χ2n) is 8.28. The lowest BCUT2D eigenvalue weighted by Gasteiger charge is -2.31. The van der Waals surface area contributed by atoms with E-state index in [9.17, 15) is 0 Å². The number of para-hydroxylation sites is 2. The van der Waals surface area contributed by atoms with E-state index in [2.05, 4.69) is 32.7 Å². The molecule has 6 nitrogen and oxygen atoms in total. The van der Waals surface area contributed by atoms with Gasteiger partial charge in [-0.05, 0) is 49.9 Å². The van der Waals surface area contributed by atoms with Crippen molar-refractivity contribution in [1.82, 2.24) is 29.7 Å². The molecule has 0 N–H and O–H groups in total. The molecule has 1 saturated carbocycles. The summed E-state index contributed by atoms with van der Waals surface area (Å²) in [5.74, 6) is 2.23. The number of thioether (sulfide) groups is 1. The molecule has 1 aliphatic carbocycles. The quantitative estimate of drug-likeness (QED) is 0.382. The largest absolute Gasteiger partial charge is 0.299 e. The number of rotatable bonds is 5. The summed E-state index contributed by atoms with van der Waals surface area (Å²) >= 11 is 1.70. The second-order valence-corrected chi connectivity index (χ2v) is 9.22. The van der Waals surface area contributed by atoms with Crippen molar-refractivity contribution in [3.8, 4) is 11.4 Å². The van der Waals surface area contributed by atoms with Gasteiger partial charge in [-0.2, -0.15) is 0 Å². The minimum absolute atomic E-state index is 0.408. The van der Waals surface area contributed by atoms with Crippen molar-refractivity contribution >= 4 is 22.8 Å². The lowest BCUT2D eigenvalue weighted by molar-refractivity contribution is 0.247. The van der Waals surface area contributed by atoms with E-state index in [0.717, 1.165) is 51.1 Å². The first-order chi connectivity index (χ1) is 15.2. The van der Waals surface area contributed by atoms with Crippen molar-refractivity contribution in [3.05, 3.63) is 60.2 Å². The fraction of sp³-hybridized carbons (Fsp3) is 0.375. The molecule has 4 aromatic rings. The van der Waals surface area contributed by atoms with E-state index < -0.39 is 0 Å². The first-order valence-electron chi connectivity index (χ1n) is 10.9. The molecule has 0 saturated heterocycles. The van der Waals surface area contributed by atoms with Crippen LogP contribution in [0.15, 0.2) is 53.9 Å². The fourth-order valence-electron chi connectivity index (χ4n) is 4.44. The van der Waals surface area contributed by atoms with Crippen molar-refractivity contribution < 1.29 is 0 Å². The Morgan fingerprint density at radius 2 is 1.81 bits per heavy atom. The minimum Gasteiger partial charge on any atom is -0.299 e. The summed E-state index contributed by atoms with van der Waals surface area (Å²) in [5.41, 5.74) is 4.85. The van der Waals surface area contributed by atoms with Crippen LogP contribution in [0.25, 0.3) is 22.4 Å². The van der Waals surface area contributed by atoms with Crippen molar-refractivity contribution in [2.75, 3.05) is 0 Å². The summed E-state index contributed by atoms with van der Waals surface area (Å²) in [6.45, 7) is 4.38. The van der Waals surface area contributed by atoms with Gasteiger partial charge in [0.25, 0.3) is 0 Å². The van der Waals surface area contributed by atoms with E-state index >= 15 is 0 Å². The Balaban J connectivity index is 1.49. The number of pyridine rings is 1. The van der Waals surface area contributed by atoms with Crippen LogP contribution in [0.2, 0.25) is 0 Å². The monoisotopic (exact) mass is 430 g/mol. The van der Waals surface area contributed by atoms with Gasteiger partial charge in [0.1, 0.15) is 0 Å².